The van der Waals surface area contributed by atoms with Gasteiger partial charge in [0, 0.05) is 18.1 Å². The minimum absolute atomic E-state index is 0.0524. The number of nitrogens with zero attached hydrogens (tertiary/aromatic N) is 2. The van der Waals surface area contributed by atoms with Crippen molar-refractivity contribution in [2.24, 2.45) is 0 Å². The summed E-state index contributed by atoms with van der Waals surface area (Å²) in [4.78, 5) is 28.1. The molecule has 2 amide bonds. The van der Waals surface area contributed by atoms with E-state index in [2.05, 4.69) is 5.32 Å². The van der Waals surface area contributed by atoms with Gasteiger partial charge in [-0.3, -0.25) is 13.9 Å². The molecule has 196 valence electrons. The molecule has 3 aromatic rings. The smallest absolute Gasteiger partial charge is 0.264 e. The Morgan fingerprint density at radius 1 is 0.946 bits per heavy atom. The fraction of sp³-hybridized carbons (Fsp3) is 0.286. The minimum Gasteiger partial charge on any atom is -0.354 e. The quantitative estimate of drug-likeness (QED) is 0.378. The number of carbonyl (C=O) groups is 2. The zero-order valence-corrected chi connectivity index (χ0v) is 22.8. The molecule has 1 N–H and O–H groups in total. The van der Waals surface area contributed by atoms with Crippen molar-refractivity contribution in [1.82, 2.24) is 10.2 Å². The number of aryl methyl sites for hydroxylation is 1. The van der Waals surface area contributed by atoms with Gasteiger partial charge < -0.3 is 10.2 Å². The van der Waals surface area contributed by atoms with E-state index in [1.54, 1.807) is 49.4 Å². The largest absolute Gasteiger partial charge is 0.354 e. The second-order valence-electron chi connectivity index (χ2n) is 8.78. The van der Waals surface area contributed by atoms with Crippen LogP contribution >= 0.6 is 11.6 Å². The first-order valence-corrected chi connectivity index (χ1v) is 13.9. The summed E-state index contributed by atoms with van der Waals surface area (Å²) in [5.74, 6) is -0.805. The molecular formula is C28H32ClN3O4S. The summed E-state index contributed by atoms with van der Waals surface area (Å²) in [5.41, 5.74) is 2.19. The summed E-state index contributed by atoms with van der Waals surface area (Å²) in [6.45, 7) is 5.70. The maximum atomic E-state index is 13.8. The third-order valence-electron chi connectivity index (χ3n) is 5.91. The number of halogens is 1. The van der Waals surface area contributed by atoms with E-state index in [0.717, 1.165) is 21.9 Å². The van der Waals surface area contributed by atoms with Crippen LogP contribution in [0.15, 0.2) is 83.8 Å². The van der Waals surface area contributed by atoms with Crippen molar-refractivity contribution in [3.05, 3.63) is 95.0 Å². The van der Waals surface area contributed by atoms with E-state index in [4.69, 9.17) is 11.6 Å². The van der Waals surface area contributed by atoms with Gasteiger partial charge in [0.25, 0.3) is 10.0 Å². The highest BCUT2D eigenvalue weighted by Crippen LogP contribution is 2.26. The Hall–Kier alpha value is -3.36. The molecule has 7 nitrogen and oxygen atoms in total. The lowest BCUT2D eigenvalue weighted by molar-refractivity contribution is -0.139. The molecule has 0 unspecified atom stereocenters. The van der Waals surface area contributed by atoms with Crippen molar-refractivity contribution in [1.29, 1.82) is 0 Å². The number of amides is 2. The third kappa shape index (κ3) is 7.33. The van der Waals surface area contributed by atoms with Crippen LogP contribution in [0.4, 0.5) is 5.69 Å². The van der Waals surface area contributed by atoms with Gasteiger partial charge in [-0.15, -0.1) is 0 Å². The molecule has 0 aliphatic heterocycles. The van der Waals surface area contributed by atoms with Gasteiger partial charge in [0.1, 0.15) is 12.6 Å². The number of hydrogen-bond donors (Lipinski definition) is 1. The fourth-order valence-electron chi connectivity index (χ4n) is 3.72. The molecule has 0 aliphatic carbocycles. The summed E-state index contributed by atoms with van der Waals surface area (Å²) in [7, 11) is -4.09. The number of anilines is 1. The normalized spacial score (nSPS) is 12.0. The zero-order valence-electron chi connectivity index (χ0n) is 21.2. The van der Waals surface area contributed by atoms with Crippen LogP contribution in [0.3, 0.4) is 0 Å². The maximum absolute atomic E-state index is 13.8. The Morgan fingerprint density at radius 2 is 1.57 bits per heavy atom. The van der Waals surface area contributed by atoms with Crippen LogP contribution in [0.5, 0.6) is 0 Å². The number of nitrogens with one attached hydrogen (secondary N) is 1. The first-order chi connectivity index (χ1) is 17.6. The van der Waals surface area contributed by atoms with E-state index in [1.807, 2.05) is 38.1 Å². The highest BCUT2D eigenvalue weighted by molar-refractivity contribution is 7.92. The summed E-state index contributed by atoms with van der Waals surface area (Å²) in [6.07, 6.45) is 0.754. The number of sulfonamides is 1. The third-order valence-corrected chi connectivity index (χ3v) is 7.95. The molecule has 0 radical (unpaired) electrons. The average Bonchev–Trinajstić information content (AvgIpc) is 2.90. The number of hydrogen-bond acceptors (Lipinski definition) is 4. The van der Waals surface area contributed by atoms with Crippen molar-refractivity contribution in [3.8, 4) is 0 Å². The van der Waals surface area contributed by atoms with E-state index < -0.39 is 28.5 Å². The van der Waals surface area contributed by atoms with E-state index in [1.165, 1.54) is 17.0 Å². The molecule has 3 rings (SSSR count). The summed E-state index contributed by atoms with van der Waals surface area (Å²) < 4.78 is 28.4. The molecule has 0 saturated heterocycles. The molecule has 0 saturated carbocycles. The monoisotopic (exact) mass is 541 g/mol. The van der Waals surface area contributed by atoms with Crippen LogP contribution in [0.25, 0.3) is 0 Å². The SMILES string of the molecule is CCCNC(=O)[C@@H](C)N(Cc1ccc(C)cc1)C(=O)CN(c1ccc(Cl)cc1)S(=O)(=O)c1ccccc1. The molecule has 0 fully saturated rings. The van der Waals surface area contributed by atoms with E-state index >= 15 is 0 Å². The van der Waals surface area contributed by atoms with Gasteiger partial charge in [0.05, 0.1) is 10.6 Å². The molecule has 3 aromatic carbocycles. The Kier molecular flexibility index (Phi) is 9.72. The van der Waals surface area contributed by atoms with E-state index in [-0.39, 0.29) is 17.3 Å². The van der Waals surface area contributed by atoms with Crippen molar-refractivity contribution in [2.75, 3.05) is 17.4 Å². The lowest BCUT2D eigenvalue weighted by Crippen LogP contribution is -2.51. The van der Waals surface area contributed by atoms with Gasteiger partial charge in [0.2, 0.25) is 11.8 Å². The average molecular weight is 542 g/mol. The molecule has 0 heterocycles. The van der Waals surface area contributed by atoms with Crippen molar-refractivity contribution < 1.29 is 18.0 Å². The molecule has 0 aliphatic rings. The number of benzene rings is 3. The zero-order chi connectivity index (χ0) is 27.0. The molecule has 0 bridgehead atoms. The summed E-state index contributed by atoms with van der Waals surface area (Å²) in [6, 6.07) is 21.0. The van der Waals surface area contributed by atoms with E-state index in [0.29, 0.717) is 17.3 Å². The number of carbonyl (C=O) groups excluding carboxylic acids is 2. The predicted octanol–water partition coefficient (Wildman–Crippen LogP) is 4.79. The Balaban J connectivity index is 1.99. The second-order valence-corrected chi connectivity index (χ2v) is 11.1. The predicted molar refractivity (Wildman–Crippen MR) is 147 cm³/mol. The summed E-state index contributed by atoms with van der Waals surface area (Å²) in [5, 5.41) is 3.27. The van der Waals surface area contributed by atoms with E-state index in [9.17, 15) is 18.0 Å². The topological polar surface area (TPSA) is 86.8 Å². The standard InChI is InChI=1S/C28H32ClN3O4S/c1-4-18-30-28(34)22(3)31(19-23-12-10-21(2)11-13-23)27(33)20-32(25-16-14-24(29)15-17-25)37(35,36)26-8-6-5-7-9-26/h5-17,22H,4,18-20H2,1-3H3,(H,30,34)/t22-/m1/s1. The molecule has 37 heavy (non-hydrogen) atoms. The van der Waals surface area contributed by atoms with Gasteiger partial charge >= 0.3 is 0 Å². The first kappa shape index (κ1) is 28.2. The molecular weight excluding hydrogens is 510 g/mol. The van der Waals surface area contributed by atoms with Crippen LogP contribution < -0.4 is 9.62 Å². The van der Waals surface area contributed by atoms with Gasteiger partial charge in [-0.25, -0.2) is 8.42 Å². The molecule has 0 aromatic heterocycles. The van der Waals surface area contributed by atoms with Gasteiger partial charge in [0.15, 0.2) is 0 Å². The number of rotatable bonds is 11. The molecule has 0 spiro atoms. The van der Waals surface area contributed by atoms with Gasteiger partial charge in [-0.2, -0.15) is 0 Å². The minimum atomic E-state index is -4.09. The van der Waals surface area contributed by atoms with Crippen LogP contribution in [0, 0.1) is 6.92 Å². The second kappa shape index (κ2) is 12.7. The molecule has 9 heteroatoms. The first-order valence-electron chi connectivity index (χ1n) is 12.1. The lowest BCUT2D eigenvalue weighted by Gasteiger charge is -2.32. The Morgan fingerprint density at radius 3 is 2.16 bits per heavy atom. The Bertz CT molecular complexity index is 1300. The van der Waals surface area contributed by atoms with Crippen molar-refractivity contribution >= 4 is 39.1 Å². The van der Waals surface area contributed by atoms with Crippen molar-refractivity contribution in [2.45, 2.75) is 44.7 Å². The van der Waals surface area contributed by atoms with Gasteiger partial charge in [-0.05, 0) is 62.2 Å². The lowest BCUT2D eigenvalue weighted by atomic mass is 10.1. The van der Waals surface area contributed by atoms with Gasteiger partial charge in [-0.1, -0.05) is 66.6 Å². The highest BCUT2D eigenvalue weighted by atomic mass is 35.5. The highest BCUT2D eigenvalue weighted by Gasteiger charge is 2.32. The maximum Gasteiger partial charge on any atom is 0.264 e. The summed E-state index contributed by atoms with van der Waals surface area (Å²) >= 11 is 6.04. The fourth-order valence-corrected chi connectivity index (χ4v) is 5.29. The van der Waals surface area contributed by atoms with Crippen LogP contribution in [-0.4, -0.2) is 44.3 Å². The Labute approximate surface area is 224 Å². The van der Waals surface area contributed by atoms with Crippen LogP contribution in [0.1, 0.15) is 31.4 Å². The molecule has 1 atom stereocenters. The van der Waals surface area contributed by atoms with Crippen molar-refractivity contribution in [3.63, 3.8) is 0 Å². The van der Waals surface area contributed by atoms with Crippen LogP contribution in [-0.2, 0) is 26.2 Å². The van der Waals surface area contributed by atoms with Crippen LogP contribution in [0.2, 0.25) is 5.02 Å².